The van der Waals surface area contributed by atoms with Crippen molar-refractivity contribution in [3.63, 3.8) is 0 Å². The van der Waals surface area contributed by atoms with Crippen LogP contribution in [0, 0.1) is 34.5 Å². The van der Waals surface area contributed by atoms with Gasteiger partial charge in [-0.05, 0) is 79.7 Å². The highest BCUT2D eigenvalue weighted by molar-refractivity contribution is 6.30. The lowest BCUT2D eigenvalue weighted by molar-refractivity contribution is -0.136. The van der Waals surface area contributed by atoms with Crippen molar-refractivity contribution in [1.82, 2.24) is 9.88 Å². The van der Waals surface area contributed by atoms with Gasteiger partial charge in [-0.2, -0.15) is 0 Å². The van der Waals surface area contributed by atoms with Crippen LogP contribution >= 0.6 is 23.2 Å². The van der Waals surface area contributed by atoms with Gasteiger partial charge in [0.2, 0.25) is 11.8 Å². The summed E-state index contributed by atoms with van der Waals surface area (Å²) in [6.07, 6.45) is 8.94. The summed E-state index contributed by atoms with van der Waals surface area (Å²) in [5.41, 5.74) is 1.20. The first kappa shape index (κ1) is 23.2. The van der Waals surface area contributed by atoms with Gasteiger partial charge >= 0.3 is 0 Å². The summed E-state index contributed by atoms with van der Waals surface area (Å²) in [6, 6.07) is 3.48. The fourth-order valence-electron chi connectivity index (χ4n) is 7.99. The van der Waals surface area contributed by atoms with E-state index in [1.165, 1.54) is 0 Å². The van der Waals surface area contributed by atoms with Gasteiger partial charge in [-0.3, -0.25) is 9.59 Å². The molecule has 0 unspecified atom stereocenters. The number of allylic oxidation sites excluding steroid dienone is 2. The molecule has 0 spiro atoms. The first-order chi connectivity index (χ1) is 15.6. The second kappa shape index (κ2) is 8.27. The minimum atomic E-state index is -0.0281. The lowest BCUT2D eigenvalue weighted by atomic mass is 9.49. The maximum atomic E-state index is 12.9. The van der Waals surface area contributed by atoms with Crippen LogP contribution < -0.4 is 5.32 Å². The molecule has 1 aromatic heterocycles. The zero-order chi connectivity index (χ0) is 23.5. The Hall–Kier alpha value is -1.59. The first-order valence-corrected chi connectivity index (χ1v) is 13.0. The molecule has 0 bridgehead atoms. The first-order valence-electron chi connectivity index (χ1n) is 12.2. The third-order valence-corrected chi connectivity index (χ3v) is 10.2. The molecule has 33 heavy (non-hydrogen) atoms. The Morgan fingerprint density at radius 1 is 1.18 bits per heavy atom. The zero-order valence-electron chi connectivity index (χ0n) is 19.7. The number of carbonyl (C=O) groups is 2. The van der Waals surface area contributed by atoms with E-state index in [0.717, 1.165) is 49.3 Å². The van der Waals surface area contributed by atoms with Crippen LogP contribution in [0.25, 0.3) is 0 Å². The SMILES string of the molecule is CN1C(=O)CC[C@@]2(C)C1=C(Cl)C[C@H]1[C@@H]3CC[C@H](CC(=O)Nc4ccc(Cl)cn4)[C@@]3(C)CC[C@@H]12. The molecule has 3 aliphatic carbocycles. The van der Waals surface area contributed by atoms with Crippen LogP contribution in [0.5, 0.6) is 0 Å². The van der Waals surface area contributed by atoms with Crippen molar-refractivity contribution in [2.75, 3.05) is 12.4 Å². The molecule has 0 aromatic carbocycles. The molecule has 2 heterocycles. The highest BCUT2D eigenvalue weighted by atomic mass is 35.5. The number of pyridine rings is 1. The Labute approximate surface area is 206 Å². The van der Waals surface area contributed by atoms with E-state index in [0.29, 0.717) is 47.4 Å². The summed E-state index contributed by atoms with van der Waals surface area (Å²) in [5, 5.41) is 4.39. The third-order valence-electron chi connectivity index (χ3n) is 9.66. The number of piperidine rings is 1. The number of hydrogen-bond donors (Lipinski definition) is 1. The third kappa shape index (κ3) is 3.70. The molecule has 1 saturated heterocycles. The van der Waals surface area contributed by atoms with E-state index in [4.69, 9.17) is 23.2 Å². The fourth-order valence-corrected chi connectivity index (χ4v) is 8.62. The van der Waals surface area contributed by atoms with Gasteiger partial charge in [0.15, 0.2) is 0 Å². The lowest BCUT2D eigenvalue weighted by Crippen LogP contribution is -2.54. The highest BCUT2D eigenvalue weighted by Crippen LogP contribution is 2.67. The maximum Gasteiger partial charge on any atom is 0.226 e. The Morgan fingerprint density at radius 2 is 1.97 bits per heavy atom. The molecule has 2 amide bonds. The zero-order valence-corrected chi connectivity index (χ0v) is 21.2. The van der Waals surface area contributed by atoms with E-state index in [2.05, 4.69) is 24.1 Å². The molecule has 0 radical (unpaired) electrons. The van der Waals surface area contributed by atoms with Crippen molar-refractivity contribution >= 4 is 40.8 Å². The number of nitrogens with one attached hydrogen (secondary N) is 1. The summed E-state index contributed by atoms with van der Waals surface area (Å²) >= 11 is 12.8. The van der Waals surface area contributed by atoms with Crippen molar-refractivity contribution in [1.29, 1.82) is 0 Å². The number of amides is 2. The predicted octanol–water partition coefficient (Wildman–Crippen LogP) is 6.23. The van der Waals surface area contributed by atoms with E-state index in [1.807, 2.05) is 11.9 Å². The van der Waals surface area contributed by atoms with Gasteiger partial charge in [-0.15, -0.1) is 0 Å². The van der Waals surface area contributed by atoms with Crippen LogP contribution in [0.2, 0.25) is 5.02 Å². The topological polar surface area (TPSA) is 62.3 Å². The summed E-state index contributed by atoms with van der Waals surface area (Å²) in [6.45, 7) is 4.75. The summed E-state index contributed by atoms with van der Waals surface area (Å²) in [4.78, 5) is 31.3. The van der Waals surface area contributed by atoms with Crippen molar-refractivity contribution in [2.45, 2.75) is 65.2 Å². The van der Waals surface area contributed by atoms with Crippen LogP contribution in [0.4, 0.5) is 5.82 Å². The number of halogens is 2. The molecule has 5 rings (SSSR count). The van der Waals surface area contributed by atoms with Gasteiger partial charge in [0.25, 0.3) is 0 Å². The van der Waals surface area contributed by atoms with Crippen LogP contribution in [0.3, 0.4) is 0 Å². The molecule has 1 aromatic rings. The van der Waals surface area contributed by atoms with Crippen LogP contribution in [0.1, 0.15) is 65.2 Å². The highest BCUT2D eigenvalue weighted by Gasteiger charge is 2.60. The smallest absolute Gasteiger partial charge is 0.226 e. The monoisotopic (exact) mass is 489 g/mol. The molecule has 3 fully saturated rings. The maximum absolute atomic E-state index is 12.9. The molecule has 7 heteroatoms. The predicted molar refractivity (Wildman–Crippen MR) is 131 cm³/mol. The minimum Gasteiger partial charge on any atom is -0.318 e. The van der Waals surface area contributed by atoms with Gasteiger partial charge in [0.05, 0.1) is 5.02 Å². The number of fused-ring (bicyclic) bond motifs is 5. The van der Waals surface area contributed by atoms with E-state index >= 15 is 0 Å². The fraction of sp³-hybridized carbons (Fsp3) is 0.654. The van der Waals surface area contributed by atoms with E-state index < -0.39 is 0 Å². The standard InChI is InChI=1S/C26H33Cl2N3O2/c1-25-10-8-19-17(13-20(28)24-26(19,2)11-9-23(33)31(24)3)18(25)6-4-15(25)12-22(32)30-21-7-5-16(27)14-29-21/h5,7,14-15,17-19H,4,6,8-13H2,1-3H3,(H,29,30,32)/t15-,17+,18+,19+,25-,26-/m1/s1. The average molecular weight is 490 g/mol. The van der Waals surface area contributed by atoms with Crippen molar-refractivity contribution in [2.24, 2.45) is 34.5 Å². The molecule has 2 saturated carbocycles. The second-order valence-electron chi connectivity index (χ2n) is 11.1. The molecular weight excluding hydrogens is 457 g/mol. The summed E-state index contributed by atoms with van der Waals surface area (Å²) in [5.74, 6) is 2.77. The molecule has 178 valence electrons. The number of nitrogens with zero attached hydrogens (tertiary/aromatic N) is 2. The minimum absolute atomic E-state index is 0.0281. The van der Waals surface area contributed by atoms with E-state index in [1.54, 1.807) is 18.3 Å². The van der Waals surface area contributed by atoms with Gasteiger partial charge in [-0.1, -0.05) is 37.0 Å². The second-order valence-corrected chi connectivity index (χ2v) is 12.0. The number of likely N-dealkylation sites (tertiary alicyclic amines) is 1. The van der Waals surface area contributed by atoms with Crippen LogP contribution in [0.15, 0.2) is 29.1 Å². The van der Waals surface area contributed by atoms with Crippen LogP contribution in [-0.4, -0.2) is 28.7 Å². The van der Waals surface area contributed by atoms with Gasteiger partial charge in [0, 0.05) is 42.2 Å². The number of anilines is 1. The largest absolute Gasteiger partial charge is 0.318 e. The van der Waals surface area contributed by atoms with Crippen molar-refractivity contribution in [3.8, 4) is 0 Å². The molecule has 1 aliphatic heterocycles. The average Bonchev–Trinajstić information content (AvgIpc) is 3.09. The molecule has 4 aliphatic rings. The Morgan fingerprint density at radius 3 is 2.70 bits per heavy atom. The van der Waals surface area contributed by atoms with Gasteiger partial charge in [-0.25, -0.2) is 4.98 Å². The molecule has 5 nitrogen and oxygen atoms in total. The molecular formula is C26H33Cl2N3O2. The number of aromatic nitrogens is 1. The van der Waals surface area contributed by atoms with Crippen LogP contribution in [-0.2, 0) is 9.59 Å². The number of hydrogen-bond acceptors (Lipinski definition) is 3. The Bertz CT molecular complexity index is 1010. The van der Waals surface area contributed by atoms with Crippen molar-refractivity contribution in [3.05, 3.63) is 34.1 Å². The van der Waals surface area contributed by atoms with Crippen molar-refractivity contribution < 1.29 is 9.59 Å². The Kier molecular flexibility index (Phi) is 5.80. The van der Waals surface area contributed by atoms with Gasteiger partial charge < -0.3 is 10.2 Å². The summed E-state index contributed by atoms with van der Waals surface area (Å²) in [7, 11) is 1.89. The van der Waals surface area contributed by atoms with E-state index in [9.17, 15) is 9.59 Å². The lowest BCUT2D eigenvalue weighted by Gasteiger charge is -2.59. The molecule has 1 N–H and O–H groups in total. The van der Waals surface area contributed by atoms with Gasteiger partial charge in [0.1, 0.15) is 5.82 Å². The summed E-state index contributed by atoms with van der Waals surface area (Å²) < 4.78 is 0. The molecule has 6 atom stereocenters. The number of carbonyl (C=O) groups excluding carboxylic acids is 2. The van der Waals surface area contributed by atoms with E-state index in [-0.39, 0.29) is 22.6 Å². The Balaban J connectivity index is 1.34. The normalized spacial score (nSPS) is 38.0. The number of rotatable bonds is 3. The quantitative estimate of drug-likeness (QED) is 0.546.